The fraction of sp³-hybridized carbons (Fsp3) is 0.143. The van der Waals surface area contributed by atoms with Crippen molar-refractivity contribution in [3.05, 3.63) is 67.4 Å². The van der Waals surface area contributed by atoms with Gasteiger partial charge in [-0.15, -0.1) is 0 Å². The fourth-order valence-corrected chi connectivity index (χ4v) is 3.03. The van der Waals surface area contributed by atoms with Crippen LogP contribution < -0.4 is 5.73 Å². The van der Waals surface area contributed by atoms with Crippen molar-refractivity contribution in [3.8, 4) is 0 Å². The van der Waals surface area contributed by atoms with Crippen LogP contribution in [0.1, 0.15) is 18.1 Å². The van der Waals surface area contributed by atoms with Gasteiger partial charge in [-0.2, -0.15) is 0 Å². The van der Waals surface area contributed by atoms with Gasteiger partial charge in [-0.05, 0) is 48.4 Å². The Morgan fingerprint density at radius 1 is 0.900 bits per heavy atom. The molecule has 0 aliphatic carbocycles. The monoisotopic (exact) mass is 351 g/mol. The van der Waals surface area contributed by atoms with Crippen LogP contribution in [0.2, 0.25) is 20.1 Å². The van der Waals surface area contributed by atoms with Gasteiger partial charge in [0.05, 0.1) is 10.6 Å². The Balaban J connectivity index is 2.66. The normalized spacial score (nSPS) is 14.2. The van der Waals surface area contributed by atoms with E-state index in [9.17, 15) is 4.39 Å². The molecule has 1 unspecified atom stereocenters. The van der Waals surface area contributed by atoms with E-state index >= 15 is 0 Å². The molecule has 106 valence electrons. The second kappa shape index (κ2) is 5.70. The molecule has 1 atom stereocenters. The van der Waals surface area contributed by atoms with E-state index in [2.05, 4.69) is 0 Å². The summed E-state index contributed by atoms with van der Waals surface area (Å²) in [4.78, 5) is 0. The van der Waals surface area contributed by atoms with Crippen molar-refractivity contribution in [1.29, 1.82) is 0 Å². The van der Waals surface area contributed by atoms with Gasteiger partial charge in [-0.1, -0.05) is 46.4 Å². The van der Waals surface area contributed by atoms with Gasteiger partial charge in [0.15, 0.2) is 0 Å². The van der Waals surface area contributed by atoms with Crippen LogP contribution in [0.25, 0.3) is 0 Å². The first-order chi connectivity index (χ1) is 9.23. The van der Waals surface area contributed by atoms with Gasteiger partial charge in [-0.3, -0.25) is 0 Å². The minimum absolute atomic E-state index is 0.0632. The molecule has 0 aromatic heterocycles. The average Bonchev–Trinajstić information content (AvgIpc) is 2.36. The van der Waals surface area contributed by atoms with E-state index in [0.717, 1.165) is 0 Å². The van der Waals surface area contributed by atoms with Gasteiger partial charge in [0.2, 0.25) is 0 Å². The van der Waals surface area contributed by atoms with Crippen molar-refractivity contribution in [1.82, 2.24) is 0 Å². The highest BCUT2D eigenvalue weighted by atomic mass is 35.5. The van der Waals surface area contributed by atoms with E-state index in [1.807, 2.05) is 0 Å². The van der Waals surface area contributed by atoms with Crippen LogP contribution in [-0.2, 0) is 5.54 Å². The van der Waals surface area contributed by atoms with E-state index < -0.39 is 11.4 Å². The predicted molar refractivity (Wildman–Crippen MR) is 83.5 cm³/mol. The van der Waals surface area contributed by atoms with Crippen LogP contribution >= 0.6 is 46.4 Å². The molecule has 2 aromatic rings. The zero-order chi connectivity index (χ0) is 15.1. The van der Waals surface area contributed by atoms with Gasteiger partial charge < -0.3 is 5.73 Å². The molecule has 2 rings (SSSR count). The highest BCUT2D eigenvalue weighted by molar-refractivity contribution is 6.35. The second-order valence-corrected chi connectivity index (χ2v) is 6.23. The van der Waals surface area contributed by atoms with E-state index in [1.54, 1.807) is 25.1 Å². The maximum absolute atomic E-state index is 13.7. The Morgan fingerprint density at radius 2 is 1.50 bits per heavy atom. The third-order valence-corrected chi connectivity index (χ3v) is 4.22. The zero-order valence-corrected chi connectivity index (χ0v) is 13.4. The van der Waals surface area contributed by atoms with Crippen LogP contribution in [0.5, 0.6) is 0 Å². The van der Waals surface area contributed by atoms with Crippen LogP contribution in [0.3, 0.4) is 0 Å². The number of hydrogen-bond donors (Lipinski definition) is 1. The Morgan fingerprint density at radius 3 is 2.15 bits per heavy atom. The molecular weight excluding hydrogens is 343 g/mol. The molecule has 0 saturated heterocycles. The van der Waals surface area contributed by atoms with Gasteiger partial charge in [0.1, 0.15) is 5.82 Å². The minimum Gasteiger partial charge on any atom is -0.318 e. The first-order valence-corrected chi connectivity index (χ1v) is 7.14. The maximum atomic E-state index is 13.7. The van der Waals surface area contributed by atoms with Crippen LogP contribution in [0, 0.1) is 5.82 Å². The van der Waals surface area contributed by atoms with Crippen LogP contribution in [0.15, 0.2) is 30.3 Å². The smallest absolute Gasteiger partial charge is 0.142 e. The highest BCUT2D eigenvalue weighted by Gasteiger charge is 2.29. The lowest BCUT2D eigenvalue weighted by Gasteiger charge is -2.28. The number of rotatable bonds is 2. The van der Waals surface area contributed by atoms with Crippen molar-refractivity contribution in [2.24, 2.45) is 5.73 Å². The molecule has 0 aliphatic rings. The number of nitrogens with two attached hydrogens (primary N) is 1. The molecule has 0 fully saturated rings. The van der Waals surface area contributed by atoms with Crippen molar-refractivity contribution in [3.63, 3.8) is 0 Å². The van der Waals surface area contributed by atoms with E-state index in [0.29, 0.717) is 21.2 Å². The van der Waals surface area contributed by atoms with Crippen molar-refractivity contribution in [2.75, 3.05) is 0 Å². The molecule has 2 aromatic carbocycles. The summed E-state index contributed by atoms with van der Waals surface area (Å²) in [7, 11) is 0. The molecule has 6 heteroatoms. The lowest BCUT2D eigenvalue weighted by atomic mass is 9.85. The second-order valence-electron chi connectivity index (χ2n) is 4.57. The molecule has 0 amide bonds. The molecule has 0 spiro atoms. The van der Waals surface area contributed by atoms with Crippen LogP contribution in [-0.4, -0.2) is 0 Å². The number of hydrogen-bond acceptors (Lipinski definition) is 1. The standard InChI is InChI=1S/C14H10Cl4FN/c1-14(20,8-4-7(15)2-3-10(8)16)9-5-13(19)12(18)6-11(9)17/h2-6H,20H2,1H3. The summed E-state index contributed by atoms with van der Waals surface area (Å²) in [5, 5.41) is 1.10. The third-order valence-electron chi connectivity index (χ3n) is 3.06. The Bertz CT molecular complexity index is 670. The fourth-order valence-electron chi connectivity index (χ4n) is 1.96. The summed E-state index contributed by atoms with van der Waals surface area (Å²) in [6.45, 7) is 1.68. The molecule has 0 bridgehead atoms. The lowest BCUT2D eigenvalue weighted by Crippen LogP contribution is -2.35. The van der Waals surface area contributed by atoms with Gasteiger partial charge >= 0.3 is 0 Å². The summed E-state index contributed by atoms with van der Waals surface area (Å²) in [6, 6.07) is 7.43. The topological polar surface area (TPSA) is 26.0 Å². The van der Waals surface area contributed by atoms with Gasteiger partial charge in [0.25, 0.3) is 0 Å². The first-order valence-electron chi connectivity index (χ1n) is 5.63. The van der Waals surface area contributed by atoms with Gasteiger partial charge in [0, 0.05) is 15.1 Å². The number of halogens is 5. The molecule has 20 heavy (non-hydrogen) atoms. The number of benzene rings is 2. The highest BCUT2D eigenvalue weighted by Crippen LogP contribution is 2.38. The summed E-state index contributed by atoms with van der Waals surface area (Å²) in [5.41, 5.74) is 6.14. The van der Waals surface area contributed by atoms with Gasteiger partial charge in [-0.25, -0.2) is 4.39 Å². The quantitative estimate of drug-likeness (QED) is 0.693. The summed E-state index contributed by atoms with van der Waals surface area (Å²) in [5.74, 6) is -0.596. The van der Waals surface area contributed by atoms with Crippen molar-refractivity contribution >= 4 is 46.4 Å². The Labute approximate surface area is 136 Å². The summed E-state index contributed by atoms with van der Waals surface area (Å²) in [6.07, 6.45) is 0. The minimum atomic E-state index is -1.11. The molecule has 2 N–H and O–H groups in total. The zero-order valence-electron chi connectivity index (χ0n) is 10.4. The summed E-state index contributed by atoms with van der Waals surface area (Å²) >= 11 is 23.9. The molecule has 0 saturated carbocycles. The van der Waals surface area contributed by atoms with E-state index in [-0.39, 0.29) is 10.0 Å². The Hall–Kier alpha value is -0.510. The average molecular weight is 353 g/mol. The molecule has 0 heterocycles. The van der Waals surface area contributed by atoms with E-state index in [1.165, 1.54) is 12.1 Å². The predicted octanol–water partition coefficient (Wildman–Crippen LogP) is 5.66. The van der Waals surface area contributed by atoms with Crippen LogP contribution in [0.4, 0.5) is 4.39 Å². The van der Waals surface area contributed by atoms with Crippen molar-refractivity contribution < 1.29 is 4.39 Å². The van der Waals surface area contributed by atoms with E-state index in [4.69, 9.17) is 52.1 Å². The largest absolute Gasteiger partial charge is 0.318 e. The van der Waals surface area contributed by atoms with Crippen molar-refractivity contribution in [2.45, 2.75) is 12.5 Å². The SMILES string of the molecule is CC(N)(c1cc(Cl)ccc1Cl)c1cc(F)c(Cl)cc1Cl. The summed E-state index contributed by atoms with van der Waals surface area (Å²) < 4.78 is 13.7. The lowest BCUT2D eigenvalue weighted by molar-refractivity contribution is 0.582. The Kier molecular flexibility index (Phi) is 4.53. The third kappa shape index (κ3) is 2.90. The molecular formula is C14H10Cl4FN. The molecule has 1 nitrogen and oxygen atoms in total. The molecule has 0 radical (unpaired) electrons. The maximum Gasteiger partial charge on any atom is 0.142 e. The molecule has 0 aliphatic heterocycles. The first kappa shape index (κ1) is 15.9.